The number of methoxy groups -OCH3 is 1. The number of hydrogen-bond acceptors (Lipinski definition) is 8. The molecule has 0 spiro atoms. The van der Waals surface area contributed by atoms with Crippen molar-refractivity contribution in [2.45, 2.75) is 31.4 Å². The molecule has 0 bridgehead atoms. The number of aromatic nitrogens is 4. The first-order chi connectivity index (χ1) is 14.6. The Hall–Kier alpha value is -3.17. The molecule has 1 N–H and O–H groups in total. The number of rotatable bonds is 6. The summed E-state index contributed by atoms with van der Waals surface area (Å²) in [6, 6.07) is 9.20. The maximum Gasteiger partial charge on any atom is 0.259 e. The summed E-state index contributed by atoms with van der Waals surface area (Å²) in [5.41, 5.74) is 0.655. The molecule has 3 aromatic rings. The van der Waals surface area contributed by atoms with Gasteiger partial charge in [-0.05, 0) is 31.9 Å². The van der Waals surface area contributed by atoms with Crippen molar-refractivity contribution in [2.75, 3.05) is 25.5 Å². The minimum atomic E-state index is -0.681. The minimum Gasteiger partial charge on any atom is -0.368 e. The van der Waals surface area contributed by atoms with Crippen molar-refractivity contribution in [1.82, 2.24) is 25.0 Å². The van der Waals surface area contributed by atoms with Crippen molar-refractivity contribution in [3.63, 3.8) is 0 Å². The second kappa shape index (κ2) is 8.68. The molecular weight excluding hydrogens is 384 g/mol. The zero-order valence-electron chi connectivity index (χ0n) is 17.0. The van der Waals surface area contributed by atoms with E-state index in [0.29, 0.717) is 43.3 Å². The van der Waals surface area contributed by atoms with Crippen LogP contribution in [0.15, 0.2) is 53.4 Å². The van der Waals surface area contributed by atoms with Crippen molar-refractivity contribution < 1.29 is 14.1 Å². The molecule has 1 amide bonds. The lowest BCUT2D eigenvalue weighted by atomic mass is 9.90. The first-order valence-electron chi connectivity index (χ1n) is 9.87. The molecule has 1 aliphatic rings. The van der Waals surface area contributed by atoms with E-state index in [1.54, 1.807) is 25.7 Å². The van der Waals surface area contributed by atoms with Crippen molar-refractivity contribution in [3.8, 4) is 11.5 Å². The van der Waals surface area contributed by atoms with Gasteiger partial charge < -0.3 is 14.6 Å². The molecule has 0 saturated carbocycles. The Balaban J connectivity index is 1.42. The normalized spacial score (nSPS) is 17.4. The number of nitrogens with one attached hydrogen (secondary N) is 1. The van der Waals surface area contributed by atoms with Crippen molar-refractivity contribution in [1.29, 1.82) is 0 Å². The lowest BCUT2D eigenvalue weighted by molar-refractivity contribution is -0.125. The van der Waals surface area contributed by atoms with Crippen LogP contribution in [0.2, 0.25) is 0 Å². The smallest absolute Gasteiger partial charge is 0.259 e. The van der Waals surface area contributed by atoms with Gasteiger partial charge in [-0.3, -0.25) is 14.7 Å². The van der Waals surface area contributed by atoms with E-state index in [2.05, 4.69) is 30.3 Å². The van der Waals surface area contributed by atoms with E-state index in [0.717, 1.165) is 5.69 Å². The molecule has 1 atom stereocenters. The van der Waals surface area contributed by atoms with Crippen LogP contribution in [0, 0.1) is 0 Å². The Morgan fingerprint density at radius 1 is 1.23 bits per heavy atom. The number of amides is 1. The highest BCUT2D eigenvalue weighted by molar-refractivity contribution is 5.94. The summed E-state index contributed by atoms with van der Waals surface area (Å²) in [6.07, 6.45) is 6.02. The molecule has 1 aliphatic heterocycles. The fraction of sp³-hybridized carbons (Fsp3) is 0.381. The number of anilines is 1. The Kier molecular flexibility index (Phi) is 5.82. The summed E-state index contributed by atoms with van der Waals surface area (Å²) in [4.78, 5) is 27.5. The SMILES string of the molecule is COC1(c2nc(-c3cnccn3)no2)CCN(C(C)C(=O)Nc2ccccc2)CC1. The van der Waals surface area contributed by atoms with Crippen LogP contribution in [0.3, 0.4) is 0 Å². The van der Waals surface area contributed by atoms with Crippen LogP contribution >= 0.6 is 0 Å². The summed E-state index contributed by atoms with van der Waals surface area (Å²) < 4.78 is 11.4. The molecule has 4 rings (SSSR count). The van der Waals surface area contributed by atoms with Gasteiger partial charge in [-0.25, -0.2) is 4.98 Å². The van der Waals surface area contributed by atoms with Gasteiger partial charge in [-0.2, -0.15) is 4.98 Å². The number of para-hydroxylation sites is 1. The number of likely N-dealkylation sites (tertiary alicyclic amines) is 1. The Morgan fingerprint density at radius 3 is 2.67 bits per heavy atom. The van der Waals surface area contributed by atoms with Gasteiger partial charge >= 0.3 is 0 Å². The number of nitrogens with zero attached hydrogens (tertiary/aromatic N) is 5. The van der Waals surface area contributed by atoms with Crippen molar-refractivity contribution in [2.24, 2.45) is 0 Å². The van der Waals surface area contributed by atoms with Crippen LogP contribution in [0.1, 0.15) is 25.7 Å². The number of hydrogen-bond donors (Lipinski definition) is 1. The molecule has 1 aromatic carbocycles. The largest absolute Gasteiger partial charge is 0.368 e. The number of piperidine rings is 1. The molecule has 3 heterocycles. The van der Waals surface area contributed by atoms with Gasteiger partial charge in [0.1, 0.15) is 11.3 Å². The van der Waals surface area contributed by atoms with Crippen LogP contribution in [-0.4, -0.2) is 57.2 Å². The maximum absolute atomic E-state index is 12.6. The molecule has 1 unspecified atom stereocenters. The monoisotopic (exact) mass is 408 g/mol. The third-order valence-electron chi connectivity index (χ3n) is 5.57. The fourth-order valence-electron chi connectivity index (χ4n) is 3.64. The highest BCUT2D eigenvalue weighted by atomic mass is 16.5. The van der Waals surface area contributed by atoms with E-state index in [1.807, 2.05) is 37.3 Å². The average molecular weight is 408 g/mol. The van der Waals surface area contributed by atoms with E-state index in [1.165, 1.54) is 0 Å². The van der Waals surface area contributed by atoms with Crippen molar-refractivity contribution >= 4 is 11.6 Å². The van der Waals surface area contributed by atoms with Gasteiger partial charge in [0, 0.05) is 38.3 Å². The first-order valence-corrected chi connectivity index (χ1v) is 9.87. The third kappa shape index (κ3) is 4.07. The topological polar surface area (TPSA) is 106 Å². The molecule has 0 aliphatic carbocycles. The summed E-state index contributed by atoms with van der Waals surface area (Å²) >= 11 is 0. The van der Waals surface area contributed by atoms with Gasteiger partial charge in [0.25, 0.3) is 5.89 Å². The zero-order valence-corrected chi connectivity index (χ0v) is 17.0. The number of carbonyl (C=O) groups excluding carboxylic acids is 1. The predicted octanol–water partition coefficient (Wildman–Crippen LogP) is 2.49. The highest BCUT2D eigenvalue weighted by Crippen LogP contribution is 2.36. The predicted molar refractivity (Wildman–Crippen MR) is 109 cm³/mol. The van der Waals surface area contributed by atoms with Gasteiger partial charge in [0.15, 0.2) is 0 Å². The second-order valence-electron chi connectivity index (χ2n) is 7.28. The van der Waals surface area contributed by atoms with Gasteiger partial charge in [0.05, 0.1) is 12.2 Å². The van der Waals surface area contributed by atoms with Gasteiger partial charge in [-0.1, -0.05) is 23.4 Å². The highest BCUT2D eigenvalue weighted by Gasteiger charge is 2.43. The molecule has 1 saturated heterocycles. The zero-order chi connectivity index (χ0) is 21.0. The third-order valence-corrected chi connectivity index (χ3v) is 5.57. The number of carbonyl (C=O) groups is 1. The lowest BCUT2D eigenvalue weighted by Crippen LogP contribution is -2.50. The van der Waals surface area contributed by atoms with E-state index >= 15 is 0 Å². The Labute approximate surface area is 174 Å². The lowest BCUT2D eigenvalue weighted by Gasteiger charge is -2.40. The summed E-state index contributed by atoms with van der Waals surface area (Å²) in [5, 5.41) is 7.00. The molecule has 30 heavy (non-hydrogen) atoms. The molecular formula is C21H24N6O3. The Morgan fingerprint density at radius 2 is 2.00 bits per heavy atom. The molecule has 2 aromatic heterocycles. The second-order valence-corrected chi connectivity index (χ2v) is 7.28. The van der Waals surface area contributed by atoms with E-state index in [-0.39, 0.29) is 11.9 Å². The summed E-state index contributed by atoms with van der Waals surface area (Å²) in [7, 11) is 1.65. The first kappa shape index (κ1) is 20.1. The fourth-order valence-corrected chi connectivity index (χ4v) is 3.64. The van der Waals surface area contributed by atoms with E-state index < -0.39 is 5.60 Å². The molecule has 9 heteroatoms. The molecule has 1 fully saturated rings. The standard InChI is InChI=1S/C21H24N6O3/c1-15(19(28)24-16-6-4-3-5-7-16)27-12-8-21(29-2,9-13-27)20-25-18(26-30-20)17-14-22-10-11-23-17/h3-7,10-11,14-15H,8-9,12-13H2,1-2H3,(H,24,28). The van der Waals surface area contributed by atoms with Crippen molar-refractivity contribution in [3.05, 3.63) is 54.8 Å². The van der Waals surface area contributed by atoms with Gasteiger partial charge in [-0.15, -0.1) is 0 Å². The quantitative estimate of drug-likeness (QED) is 0.663. The molecule has 0 radical (unpaired) electrons. The average Bonchev–Trinajstić information content (AvgIpc) is 3.31. The van der Waals surface area contributed by atoms with Crippen LogP contribution in [0.4, 0.5) is 5.69 Å². The van der Waals surface area contributed by atoms with Crippen LogP contribution in [0.5, 0.6) is 0 Å². The summed E-state index contributed by atoms with van der Waals surface area (Å²) in [6.45, 7) is 3.25. The Bertz CT molecular complexity index is 971. The van der Waals surface area contributed by atoms with E-state index in [9.17, 15) is 4.79 Å². The van der Waals surface area contributed by atoms with E-state index in [4.69, 9.17) is 9.26 Å². The summed E-state index contributed by atoms with van der Waals surface area (Å²) in [5.74, 6) is 0.771. The minimum absolute atomic E-state index is 0.0335. The van der Waals surface area contributed by atoms with Crippen LogP contribution in [0.25, 0.3) is 11.5 Å². The van der Waals surface area contributed by atoms with Crippen LogP contribution < -0.4 is 5.32 Å². The maximum atomic E-state index is 12.6. The van der Waals surface area contributed by atoms with Crippen LogP contribution in [-0.2, 0) is 15.1 Å². The molecule has 9 nitrogen and oxygen atoms in total. The molecule has 156 valence electrons. The van der Waals surface area contributed by atoms with Gasteiger partial charge in [0.2, 0.25) is 11.7 Å². The number of ether oxygens (including phenoxy) is 1. The number of benzene rings is 1.